The zero-order valence-corrected chi connectivity index (χ0v) is 11.1. The van der Waals surface area contributed by atoms with Crippen LogP contribution in [-0.2, 0) is 6.61 Å². The first-order chi connectivity index (χ1) is 9.79. The summed E-state index contributed by atoms with van der Waals surface area (Å²) in [6.45, 7) is 2.35. The molecule has 20 heavy (non-hydrogen) atoms. The van der Waals surface area contributed by atoms with Crippen LogP contribution in [0, 0.1) is 6.92 Å². The standard InChI is InChI=1S/C17H14O3/c1-12-16(10-18)20-15-9-5-8-14(17(12)15)19-11-13-6-3-2-4-7-13/h2-10H,11H2,1H3. The van der Waals surface area contributed by atoms with Gasteiger partial charge in [-0.15, -0.1) is 0 Å². The molecule has 0 amide bonds. The summed E-state index contributed by atoms with van der Waals surface area (Å²) < 4.78 is 11.4. The van der Waals surface area contributed by atoms with E-state index < -0.39 is 0 Å². The van der Waals surface area contributed by atoms with E-state index in [0.717, 1.165) is 28.5 Å². The van der Waals surface area contributed by atoms with Gasteiger partial charge in [0.25, 0.3) is 0 Å². The molecule has 0 saturated carbocycles. The second-order valence-electron chi connectivity index (χ2n) is 4.61. The van der Waals surface area contributed by atoms with E-state index in [1.165, 1.54) is 0 Å². The number of hydrogen-bond acceptors (Lipinski definition) is 3. The SMILES string of the molecule is Cc1c(C=O)oc2cccc(OCc3ccccc3)c12. The summed E-state index contributed by atoms with van der Waals surface area (Å²) in [6, 6.07) is 15.5. The molecule has 3 nitrogen and oxygen atoms in total. The van der Waals surface area contributed by atoms with Gasteiger partial charge in [-0.1, -0.05) is 36.4 Å². The highest BCUT2D eigenvalue weighted by Crippen LogP contribution is 2.32. The normalized spacial score (nSPS) is 10.7. The number of fused-ring (bicyclic) bond motifs is 1. The third-order valence-electron chi connectivity index (χ3n) is 3.30. The molecule has 3 rings (SSSR count). The lowest BCUT2D eigenvalue weighted by atomic mass is 10.1. The van der Waals surface area contributed by atoms with Crippen LogP contribution in [0.4, 0.5) is 0 Å². The Hall–Kier alpha value is -2.55. The van der Waals surface area contributed by atoms with Crippen molar-refractivity contribution in [3.05, 3.63) is 65.4 Å². The molecule has 0 fully saturated rings. The number of hydrogen-bond donors (Lipinski definition) is 0. The Morgan fingerprint density at radius 3 is 2.65 bits per heavy atom. The van der Waals surface area contributed by atoms with E-state index in [1.54, 1.807) is 0 Å². The first-order valence-electron chi connectivity index (χ1n) is 6.43. The van der Waals surface area contributed by atoms with E-state index in [4.69, 9.17) is 9.15 Å². The van der Waals surface area contributed by atoms with Crippen molar-refractivity contribution in [3.63, 3.8) is 0 Å². The van der Waals surface area contributed by atoms with Crippen LogP contribution >= 0.6 is 0 Å². The molecule has 0 N–H and O–H groups in total. The summed E-state index contributed by atoms with van der Waals surface area (Å²) in [5.74, 6) is 1.09. The third kappa shape index (κ3) is 2.18. The maximum absolute atomic E-state index is 11.0. The number of aryl methyl sites for hydroxylation is 1. The quantitative estimate of drug-likeness (QED) is 0.666. The Labute approximate surface area is 116 Å². The minimum absolute atomic E-state index is 0.357. The molecule has 0 bridgehead atoms. The van der Waals surface area contributed by atoms with Gasteiger partial charge in [-0.2, -0.15) is 0 Å². The fourth-order valence-corrected chi connectivity index (χ4v) is 2.25. The van der Waals surface area contributed by atoms with Gasteiger partial charge in [0, 0.05) is 5.56 Å². The van der Waals surface area contributed by atoms with Gasteiger partial charge in [-0.05, 0) is 24.6 Å². The van der Waals surface area contributed by atoms with Gasteiger partial charge in [-0.25, -0.2) is 0 Å². The van der Waals surface area contributed by atoms with Crippen LogP contribution in [0.2, 0.25) is 0 Å². The average Bonchev–Trinajstić information content (AvgIpc) is 2.83. The minimum Gasteiger partial charge on any atom is -0.488 e. The van der Waals surface area contributed by atoms with E-state index in [9.17, 15) is 4.79 Å². The first-order valence-corrected chi connectivity index (χ1v) is 6.43. The van der Waals surface area contributed by atoms with E-state index in [-0.39, 0.29) is 0 Å². The second-order valence-corrected chi connectivity index (χ2v) is 4.61. The number of carbonyl (C=O) groups excluding carboxylic acids is 1. The Morgan fingerprint density at radius 1 is 1.10 bits per heavy atom. The highest BCUT2D eigenvalue weighted by molar-refractivity contribution is 5.93. The van der Waals surface area contributed by atoms with Crippen molar-refractivity contribution < 1.29 is 13.9 Å². The molecule has 3 aromatic rings. The summed E-state index contributed by atoms with van der Waals surface area (Å²) in [7, 11) is 0. The lowest BCUT2D eigenvalue weighted by molar-refractivity contribution is 0.110. The van der Waals surface area contributed by atoms with Crippen molar-refractivity contribution in [2.75, 3.05) is 0 Å². The van der Waals surface area contributed by atoms with Gasteiger partial charge < -0.3 is 9.15 Å². The topological polar surface area (TPSA) is 39.4 Å². The van der Waals surface area contributed by atoms with Crippen LogP contribution in [0.5, 0.6) is 5.75 Å². The van der Waals surface area contributed by atoms with Crippen molar-refractivity contribution >= 4 is 17.3 Å². The molecular weight excluding hydrogens is 252 g/mol. The van der Waals surface area contributed by atoms with Crippen LogP contribution in [0.3, 0.4) is 0 Å². The molecule has 0 aliphatic carbocycles. The molecule has 0 saturated heterocycles. The molecule has 0 aliphatic heterocycles. The van der Waals surface area contributed by atoms with Crippen molar-refractivity contribution in [2.24, 2.45) is 0 Å². The number of furan rings is 1. The summed E-state index contributed by atoms with van der Waals surface area (Å²) in [4.78, 5) is 11.0. The van der Waals surface area contributed by atoms with Crippen molar-refractivity contribution in [1.29, 1.82) is 0 Å². The maximum Gasteiger partial charge on any atom is 0.185 e. The van der Waals surface area contributed by atoms with Gasteiger partial charge >= 0.3 is 0 Å². The Bertz CT molecular complexity index is 742. The second kappa shape index (κ2) is 5.21. The van der Waals surface area contributed by atoms with Gasteiger partial charge in [0.2, 0.25) is 0 Å². The highest BCUT2D eigenvalue weighted by atomic mass is 16.5. The predicted octanol–water partition coefficient (Wildman–Crippen LogP) is 4.13. The lowest BCUT2D eigenvalue weighted by Gasteiger charge is -2.07. The summed E-state index contributed by atoms with van der Waals surface area (Å²) in [6.07, 6.45) is 0.732. The maximum atomic E-state index is 11.0. The monoisotopic (exact) mass is 266 g/mol. The van der Waals surface area contributed by atoms with Crippen LogP contribution in [0.15, 0.2) is 52.9 Å². The molecule has 1 heterocycles. The average molecular weight is 266 g/mol. The van der Waals surface area contributed by atoms with Crippen LogP contribution < -0.4 is 4.74 Å². The van der Waals surface area contributed by atoms with Crippen LogP contribution in [0.25, 0.3) is 11.0 Å². The van der Waals surface area contributed by atoms with E-state index in [1.807, 2.05) is 55.5 Å². The molecule has 100 valence electrons. The van der Waals surface area contributed by atoms with E-state index in [0.29, 0.717) is 18.0 Å². The molecule has 1 aromatic heterocycles. The van der Waals surface area contributed by atoms with Gasteiger partial charge in [-0.3, -0.25) is 4.79 Å². The van der Waals surface area contributed by atoms with E-state index in [2.05, 4.69) is 0 Å². The number of aldehydes is 1. The smallest absolute Gasteiger partial charge is 0.185 e. The minimum atomic E-state index is 0.357. The van der Waals surface area contributed by atoms with Crippen molar-refractivity contribution in [3.8, 4) is 5.75 Å². The van der Waals surface area contributed by atoms with Gasteiger partial charge in [0.15, 0.2) is 12.0 Å². The summed E-state index contributed by atoms with van der Waals surface area (Å²) >= 11 is 0. The number of rotatable bonds is 4. The molecule has 2 aromatic carbocycles. The predicted molar refractivity (Wildman–Crippen MR) is 77.1 cm³/mol. The summed E-state index contributed by atoms with van der Waals surface area (Å²) in [5, 5.41) is 0.866. The Morgan fingerprint density at radius 2 is 1.90 bits per heavy atom. The molecule has 0 unspecified atom stereocenters. The summed E-state index contributed by atoms with van der Waals surface area (Å²) in [5.41, 5.74) is 2.59. The molecule has 3 heteroatoms. The van der Waals surface area contributed by atoms with Crippen LogP contribution in [0.1, 0.15) is 21.7 Å². The molecule has 0 spiro atoms. The zero-order valence-electron chi connectivity index (χ0n) is 11.1. The largest absolute Gasteiger partial charge is 0.488 e. The van der Waals surface area contributed by atoms with Crippen molar-refractivity contribution in [1.82, 2.24) is 0 Å². The molecule has 0 aliphatic rings. The fraction of sp³-hybridized carbons (Fsp3) is 0.118. The fourth-order valence-electron chi connectivity index (χ4n) is 2.25. The van der Waals surface area contributed by atoms with Crippen molar-refractivity contribution in [2.45, 2.75) is 13.5 Å². The van der Waals surface area contributed by atoms with Crippen LogP contribution in [-0.4, -0.2) is 6.29 Å². The Balaban J connectivity index is 1.95. The number of benzene rings is 2. The number of carbonyl (C=O) groups is 1. The molecular formula is C17H14O3. The third-order valence-corrected chi connectivity index (χ3v) is 3.30. The molecule has 0 radical (unpaired) electrons. The van der Waals surface area contributed by atoms with Gasteiger partial charge in [0.1, 0.15) is 17.9 Å². The zero-order chi connectivity index (χ0) is 13.9. The number of ether oxygens (including phenoxy) is 1. The first kappa shape index (κ1) is 12.5. The highest BCUT2D eigenvalue weighted by Gasteiger charge is 2.14. The lowest BCUT2D eigenvalue weighted by Crippen LogP contribution is -1.95. The van der Waals surface area contributed by atoms with E-state index >= 15 is 0 Å². The Kier molecular flexibility index (Phi) is 3.25. The van der Waals surface area contributed by atoms with Gasteiger partial charge in [0.05, 0.1) is 5.39 Å². The molecule has 0 atom stereocenters.